The normalized spacial score (nSPS) is 12.5. The number of allylic oxidation sites excluding steroid dienone is 1. The van der Waals surface area contributed by atoms with Gasteiger partial charge in [0.05, 0.1) is 25.4 Å². The first-order valence-corrected chi connectivity index (χ1v) is 39.5. The molecule has 0 fully saturated rings. The number of aliphatic hydroxyl groups excluding tert-OH is 2. The predicted molar refractivity (Wildman–Crippen MR) is 375 cm³/mol. The number of hydrogen-bond acceptors (Lipinski definition) is 5. The summed E-state index contributed by atoms with van der Waals surface area (Å²) in [5.41, 5.74) is 0. The summed E-state index contributed by atoms with van der Waals surface area (Å²) in [4.78, 5) is 24.6. The highest BCUT2D eigenvalue weighted by molar-refractivity contribution is 5.76. The van der Waals surface area contributed by atoms with Gasteiger partial charge < -0.3 is 20.3 Å². The van der Waals surface area contributed by atoms with Gasteiger partial charge in [0.15, 0.2) is 0 Å². The maximum Gasteiger partial charge on any atom is 0.305 e. The van der Waals surface area contributed by atoms with Crippen LogP contribution >= 0.6 is 0 Å². The van der Waals surface area contributed by atoms with Gasteiger partial charge in [0.2, 0.25) is 5.91 Å². The third kappa shape index (κ3) is 71.6. The molecule has 0 radical (unpaired) electrons. The Morgan fingerprint density at radius 1 is 0.318 bits per heavy atom. The number of unbranched alkanes of at least 4 members (excludes halogenated alkanes) is 64. The first-order chi connectivity index (χ1) is 42.0. The lowest BCUT2D eigenvalue weighted by Gasteiger charge is -2.20. The van der Waals surface area contributed by atoms with Gasteiger partial charge in [0.1, 0.15) is 0 Å². The monoisotopic (exact) mass is 1200 g/mol. The molecular formula is C79H155NO5. The molecular weight excluding hydrogens is 1040 g/mol. The van der Waals surface area contributed by atoms with Crippen LogP contribution in [0, 0.1) is 0 Å². The molecule has 3 N–H and O–H groups in total. The van der Waals surface area contributed by atoms with E-state index in [1.54, 1.807) is 6.08 Å². The van der Waals surface area contributed by atoms with Gasteiger partial charge in [-0.15, -0.1) is 0 Å². The number of hydrogen-bond donors (Lipinski definition) is 3. The standard InChI is InChI=1S/C79H155NO5/c1-3-5-7-9-11-13-15-17-19-20-21-22-35-38-41-44-47-51-55-59-63-67-71-77(82)76(75-81)80-78(83)72-68-64-60-56-52-48-45-42-39-36-33-31-29-27-25-23-24-26-28-30-32-34-37-40-43-46-50-54-58-62-66-70-74-85-79(84)73-69-65-61-57-53-49-18-16-14-12-10-8-6-4-2/h67,71,76-77,81-82H,3-66,68-70,72-75H2,1-2H3,(H,80,83)/b71-67+. The Kier molecular flexibility index (Phi) is 73.8. The maximum atomic E-state index is 12.5. The molecule has 506 valence electrons. The fraction of sp³-hybridized carbons (Fsp3) is 0.949. The van der Waals surface area contributed by atoms with Crippen LogP contribution in [0.1, 0.15) is 457 Å². The lowest BCUT2D eigenvalue weighted by atomic mass is 10.0. The Bertz CT molecular complexity index is 1290. The van der Waals surface area contributed by atoms with E-state index in [-0.39, 0.29) is 18.5 Å². The lowest BCUT2D eigenvalue weighted by molar-refractivity contribution is -0.143. The molecule has 1 amide bonds. The first-order valence-electron chi connectivity index (χ1n) is 39.5. The van der Waals surface area contributed by atoms with Crippen molar-refractivity contribution in [3.05, 3.63) is 12.2 Å². The van der Waals surface area contributed by atoms with Gasteiger partial charge in [-0.05, 0) is 32.1 Å². The van der Waals surface area contributed by atoms with Crippen molar-refractivity contribution < 1.29 is 24.5 Å². The molecule has 0 saturated carbocycles. The Morgan fingerprint density at radius 3 is 0.800 bits per heavy atom. The number of rotatable bonds is 75. The summed E-state index contributed by atoms with van der Waals surface area (Å²) in [6.07, 6.45) is 94.8. The number of ether oxygens (including phenoxy) is 1. The Labute approximate surface area is 533 Å². The van der Waals surface area contributed by atoms with Crippen LogP contribution in [0.25, 0.3) is 0 Å². The molecule has 2 unspecified atom stereocenters. The Morgan fingerprint density at radius 2 is 0.541 bits per heavy atom. The Hall–Kier alpha value is -1.40. The molecule has 0 spiro atoms. The molecule has 85 heavy (non-hydrogen) atoms. The van der Waals surface area contributed by atoms with Crippen molar-refractivity contribution in [2.45, 2.75) is 469 Å². The quantitative estimate of drug-likeness (QED) is 0.0320. The minimum Gasteiger partial charge on any atom is -0.466 e. The molecule has 0 aliphatic carbocycles. The van der Waals surface area contributed by atoms with E-state index in [9.17, 15) is 19.8 Å². The van der Waals surface area contributed by atoms with E-state index >= 15 is 0 Å². The molecule has 6 heteroatoms. The number of aliphatic hydroxyl groups is 2. The van der Waals surface area contributed by atoms with Gasteiger partial charge in [-0.25, -0.2) is 0 Å². The third-order valence-corrected chi connectivity index (χ3v) is 18.8. The lowest BCUT2D eigenvalue weighted by Crippen LogP contribution is -2.45. The molecule has 0 aliphatic rings. The van der Waals surface area contributed by atoms with E-state index in [0.29, 0.717) is 19.4 Å². The number of esters is 1. The van der Waals surface area contributed by atoms with Crippen molar-refractivity contribution in [3.8, 4) is 0 Å². The Balaban J connectivity index is 3.34. The van der Waals surface area contributed by atoms with Crippen molar-refractivity contribution >= 4 is 11.9 Å². The summed E-state index contributed by atoms with van der Waals surface area (Å²) in [6, 6.07) is -0.625. The van der Waals surface area contributed by atoms with Gasteiger partial charge in [0, 0.05) is 12.8 Å². The molecule has 0 saturated heterocycles. The van der Waals surface area contributed by atoms with E-state index < -0.39 is 12.1 Å². The second-order valence-corrected chi connectivity index (χ2v) is 27.4. The van der Waals surface area contributed by atoms with Gasteiger partial charge in [0.25, 0.3) is 0 Å². The summed E-state index contributed by atoms with van der Waals surface area (Å²) in [5, 5.41) is 23.3. The molecule has 0 bridgehead atoms. The van der Waals surface area contributed by atoms with E-state index in [4.69, 9.17) is 4.74 Å². The van der Waals surface area contributed by atoms with E-state index in [1.165, 1.54) is 392 Å². The van der Waals surface area contributed by atoms with Crippen LogP contribution in [0.4, 0.5) is 0 Å². The maximum absolute atomic E-state index is 12.5. The SMILES string of the molecule is CCCCCCCCCCCCCCCCCCCCCC/C=C/C(O)C(CO)NC(=O)CCCCCCCCCCCCCCCCCCCCCCCCCCCCCCCCCCOC(=O)CCCCCCCCCCCCCCCC. The van der Waals surface area contributed by atoms with Crippen LogP contribution in [-0.4, -0.2) is 47.4 Å². The average Bonchev–Trinajstić information content (AvgIpc) is 3.51. The van der Waals surface area contributed by atoms with E-state index in [1.807, 2.05) is 6.08 Å². The van der Waals surface area contributed by atoms with Crippen molar-refractivity contribution in [1.29, 1.82) is 0 Å². The molecule has 0 aliphatic heterocycles. The van der Waals surface area contributed by atoms with Gasteiger partial charge in [-0.1, -0.05) is 424 Å². The summed E-state index contributed by atoms with van der Waals surface area (Å²) in [6.45, 7) is 4.97. The highest BCUT2D eigenvalue weighted by Crippen LogP contribution is 2.20. The van der Waals surface area contributed by atoms with Crippen LogP contribution < -0.4 is 5.32 Å². The summed E-state index contributed by atoms with van der Waals surface area (Å²) < 4.78 is 5.50. The zero-order valence-corrected chi connectivity index (χ0v) is 58.1. The van der Waals surface area contributed by atoms with Crippen molar-refractivity contribution in [3.63, 3.8) is 0 Å². The van der Waals surface area contributed by atoms with Gasteiger partial charge in [-0.2, -0.15) is 0 Å². The highest BCUT2D eigenvalue weighted by Gasteiger charge is 2.18. The zero-order valence-electron chi connectivity index (χ0n) is 58.1. The van der Waals surface area contributed by atoms with E-state index in [0.717, 1.165) is 38.5 Å². The third-order valence-electron chi connectivity index (χ3n) is 18.8. The molecule has 0 aromatic carbocycles. The van der Waals surface area contributed by atoms with Crippen LogP contribution in [-0.2, 0) is 14.3 Å². The highest BCUT2D eigenvalue weighted by atomic mass is 16.5. The number of carbonyl (C=O) groups excluding carboxylic acids is 2. The summed E-state index contributed by atoms with van der Waals surface area (Å²) in [5.74, 6) is -0.0336. The van der Waals surface area contributed by atoms with Crippen molar-refractivity contribution in [2.75, 3.05) is 13.2 Å². The molecule has 0 heterocycles. The minimum absolute atomic E-state index is 0.0244. The molecule has 2 atom stereocenters. The molecule has 6 nitrogen and oxygen atoms in total. The summed E-state index contributed by atoms with van der Waals surface area (Å²) >= 11 is 0. The zero-order chi connectivity index (χ0) is 61.3. The topological polar surface area (TPSA) is 95.9 Å². The fourth-order valence-electron chi connectivity index (χ4n) is 12.8. The van der Waals surface area contributed by atoms with Crippen molar-refractivity contribution in [2.24, 2.45) is 0 Å². The number of nitrogens with one attached hydrogen (secondary N) is 1. The molecule has 0 aromatic heterocycles. The van der Waals surface area contributed by atoms with Crippen LogP contribution in [0.5, 0.6) is 0 Å². The molecule has 0 aromatic rings. The average molecular weight is 1200 g/mol. The largest absolute Gasteiger partial charge is 0.466 e. The number of amides is 1. The van der Waals surface area contributed by atoms with Crippen LogP contribution in [0.15, 0.2) is 12.2 Å². The molecule has 0 rings (SSSR count). The summed E-state index contributed by atoms with van der Waals surface area (Å²) in [7, 11) is 0. The van der Waals surface area contributed by atoms with Gasteiger partial charge >= 0.3 is 5.97 Å². The smallest absolute Gasteiger partial charge is 0.305 e. The van der Waals surface area contributed by atoms with E-state index in [2.05, 4.69) is 19.2 Å². The fourth-order valence-corrected chi connectivity index (χ4v) is 12.8. The minimum atomic E-state index is -0.842. The van der Waals surface area contributed by atoms with Gasteiger partial charge in [-0.3, -0.25) is 9.59 Å². The van der Waals surface area contributed by atoms with Crippen LogP contribution in [0.3, 0.4) is 0 Å². The second-order valence-electron chi connectivity index (χ2n) is 27.4. The first kappa shape index (κ1) is 83.6. The number of carbonyl (C=O) groups is 2. The van der Waals surface area contributed by atoms with Crippen molar-refractivity contribution in [1.82, 2.24) is 5.32 Å². The predicted octanol–water partition coefficient (Wildman–Crippen LogP) is 25.9. The second kappa shape index (κ2) is 75.1. The van der Waals surface area contributed by atoms with Crippen LogP contribution in [0.2, 0.25) is 0 Å².